The van der Waals surface area contributed by atoms with E-state index in [2.05, 4.69) is 0 Å². The van der Waals surface area contributed by atoms with E-state index in [0.29, 0.717) is 5.56 Å². The molecule has 14 heavy (non-hydrogen) atoms. The van der Waals surface area contributed by atoms with E-state index in [1.54, 1.807) is 6.07 Å². The Bertz CT molecular complexity index is 362. The molecule has 1 aromatic carbocycles. The number of carbonyl (C=O) groups is 1. The van der Waals surface area contributed by atoms with Gasteiger partial charge in [0.25, 0.3) is 0 Å². The molecule has 0 aromatic heterocycles. The maximum absolute atomic E-state index is 11.4. The van der Waals surface area contributed by atoms with Crippen molar-refractivity contribution >= 4 is 26.6 Å². The maximum atomic E-state index is 11.4. The minimum atomic E-state index is -2.13. The van der Waals surface area contributed by atoms with E-state index in [0.717, 1.165) is 3.57 Å². The van der Waals surface area contributed by atoms with Gasteiger partial charge in [0.15, 0.2) is 0 Å². The van der Waals surface area contributed by atoms with Crippen LogP contribution in [0.5, 0.6) is 0 Å². The molecule has 3 nitrogen and oxygen atoms in total. The van der Waals surface area contributed by atoms with Crippen LogP contribution in [0.1, 0.15) is 24.2 Å². The van der Waals surface area contributed by atoms with Crippen molar-refractivity contribution in [2.24, 2.45) is 0 Å². The summed E-state index contributed by atoms with van der Waals surface area (Å²) in [4.78, 5) is 11.4. The first-order valence-corrected chi connectivity index (χ1v) is 7.21. The fraction of sp³-hybridized carbons (Fsp3) is 0.300. The Balaban J connectivity index is 2.30. The van der Waals surface area contributed by atoms with Crippen LogP contribution in [0.4, 0.5) is 0 Å². The molecule has 0 unspecified atom stereocenters. The van der Waals surface area contributed by atoms with Crippen molar-refractivity contribution in [1.82, 2.24) is 0 Å². The molecule has 76 valence electrons. The summed E-state index contributed by atoms with van der Waals surface area (Å²) in [6.07, 6.45) is 0.110. The molecule has 0 spiro atoms. The van der Waals surface area contributed by atoms with Gasteiger partial charge in [0.2, 0.25) is 0 Å². The van der Waals surface area contributed by atoms with Crippen LogP contribution in [0.2, 0.25) is 0 Å². The second-order valence-corrected chi connectivity index (χ2v) is 6.55. The monoisotopic (exact) mass is 306 g/mol. The molecular formula is C10H11IO3. The number of fused-ring (bicyclic) bond motifs is 1. The number of hydrogen-bond donors (Lipinski definition) is 0. The standard InChI is InChI=1S/C10H11IO3/c1-7(2)13-11-9-6-4-3-5-8(9)10(12)14-11/h3-7H,1-2H3. The average molecular weight is 306 g/mol. The van der Waals surface area contributed by atoms with E-state index in [9.17, 15) is 4.79 Å². The second kappa shape index (κ2) is 3.86. The molecule has 0 radical (unpaired) electrons. The van der Waals surface area contributed by atoms with Crippen molar-refractivity contribution in [2.45, 2.75) is 20.0 Å². The average Bonchev–Trinajstić information content (AvgIpc) is 2.44. The predicted molar refractivity (Wildman–Crippen MR) is 60.8 cm³/mol. The van der Waals surface area contributed by atoms with Crippen molar-refractivity contribution in [3.8, 4) is 0 Å². The Kier molecular flexibility index (Phi) is 2.73. The van der Waals surface area contributed by atoms with Crippen LogP contribution in [0, 0.1) is 3.57 Å². The van der Waals surface area contributed by atoms with Crippen LogP contribution < -0.4 is 0 Å². The van der Waals surface area contributed by atoms with E-state index < -0.39 is 20.6 Å². The van der Waals surface area contributed by atoms with E-state index >= 15 is 0 Å². The number of carbonyl (C=O) groups excluding carboxylic acids is 1. The first-order valence-electron chi connectivity index (χ1n) is 4.37. The first-order chi connectivity index (χ1) is 6.68. The van der Waals surface area contributed by atoms with Crippen molar-refractivity contribution in [3.05, 3.63) is 33.4 Å². The van der Waals surface area contributed by atoms with Crippen LogP contribution in [0.25, 0.3) is 0 Å². The minimum absolute atomic E-state index is 0.110. The Labute approximate surface area is 90.9 Å². The van der Waals surface area contributed by atoms with Gasteiger partial charge in [-0.3, -0.25) is 0 Å². The first kappa shape index (κ1) is 9.92. The molecule has 2 rings (SSSR count). The fourth-order valence-corrected chi connectivity index (χ4v) is 4.65. The van der Waals surface area contributed by atoms with Crippen molar-refractivity contribution in [2.75, 3.05) is 0 Å². The van der Waals surface area contributed by atoms with Gasteiger partial charge in [-0.05, 0) is 0 Å². The molecule has 0 bridgehead atoms. The molecule has 0 fully saturated rings. The van der Waals surface area contributed by atoms with Crippen molar-refractivity contribution < 1.29 is 10.9 Å². The Morgan fingerprint density at radius 2 is 2.07 bits per heavy atom. The summed E-state index contributed by atoms with van der Waals surface area (Å²) in [5, 5.41) is 0. The Morgan fingerprint density at radius 3 is 2.79 bits per heavy atom. The molecule has 0 saturated heterocycles. The molecule has 1 aromatic rings. The summed E-state index contributed by atoms with van der Waals surface area (Å²) >= 11 is -2.13. The van der Waals surface area contributed by atoms with Crippen LogP contribution in [0.3, 0.4) is 0 Å². The van der Waals surface area contributed by atoms with Crippen LogP contribution >= 0.6 is 20.6 Å². The van der Waals surface area contributed by atoms with E-state index in [4.69, 9.17) is 6.13 Å². The Hall–Kier alpha value is -0.620. The van der Waals surface area contributed by atoms with Gasteiger partial charge in [-0.25, -0.2) is 0 Å². The normalized spacial score (nSPS) is 17.1. The van der Waals surface area contributed by atoms with Crippen molar-refractivity contribution in [3.63, 3.8) is 0 Å². The number of halogens is 1. The van der Waals surface area contributed by atoms with E-state index in [1.165, 1.54) is 0 Å². The van der Waals surface area contributed by atoms with Gasteiger partial charge in [-0.1, -0.05) is 0 Å². The summed E-state index contributed by atoms with van der Waals surface area (Å²) in [7, 11) is 0. The molecular weight excluding hydrogens is 295 g/mol. The molecule has 1 aliphatic heterocycles. The van der Waals surface area contributed by atoms with Gasteiger partial charge in [0.1, 0.15) is 0 Å². The van der Waals surface area contributed by atoms with Crippen LogP contribution in [-0.4, -0.2) is 12.1 Å². The van der Waals surface area contributed by atoms with Crippen LogP contribution in [0.15, 0.2) is 24.3 Å². The topological polar surface area (TPSA) is 35.5 Å². The van der Waals surface area contributed by atoms with E-state index in [-0.39, 0.29) is 12.1 Å². The van der Waals surface area contributed by atoms with Crippen molar-refractivity contribution in [1.29, 1.82) is 0 Å². The summed E-state index contributed by atoms with van der Waals surface area (Å²) in [6.45, 7) is 3.90. The summed E-state index contributed by atoms with van der Waals surface area (Å²) in [6, 6.07) is 7.47. The van der Waals surface area contributed by atoms with E-state index in [1.807, 2.05) is 32.0 Å². The zero-order valence-electron chi connectivity index (χ0n) is 7.99. The predicted octanol–water partition coefficient (Wildman–Crippen LogP) is 2.79. The van der Waals surface area contributed by atoms with Crippen LogP contribution in [-0.2, 0) is 6.13 Å². The molecule has 1 heterocycles. The Morgan fingerprint density at radius 1 is 1.36 bits per heavy atom. The van der Waals surface area contributed by atoms with Gasteiger partial charge >= 0.3 is 90.9 Å². The SMILES string of the molecule is CC(C)OI1OC(=O)c2ccccc21. The zero-order valence-corrected chi connectivity index (χ0v) is 10.1. The molecule has 0 atom stereocenters. The molecule has 0 amide bonds. The molecule has 0 saturated carbocycles. The van der Waals surface area contributed by atoms with Gasteiger partial charge in [-0.15, -0.1) is 0 Å². The fourth-order valence-electron chi connectivity index (χ4n) is 1.14. The van der Waals surface area contributed by atoms with Gasteiger partial charge in [-0.2, -0.15) is 0 Å². The second-order valence-electron chi connectivity index (χ2n) is 3.20. The summed E-state index contributed by atoms with van der Waals surface area (Å²) < 4.78 is 11.8. The quantitative estimate of drug-likeness (QED) is 0.788. The van der Waals surface area contributed by atoms with Gasteiger partial charge in [0.05, 0.1) is 0 Å². The molecule has 4 heteroatoms. The third-order valence-electron chi connectivity index (χ3n) is 1.66. The van der Waals surface area contributed by atoms with Gasteiger partial charge in [0, 0.05) is 0 Å². The summed E-state index contributed by atoms with van der Waals surface area (Å²) in [5.41, 5.74) is 0.679. The third kappa shape index (κ3) is 1.76. The molecule has 0 N–H and O–H groups in total. The zero-order chi connectivity index (χ0) is 10.1. The number of hydrogen-bond acceptors (Lipinski definition) is 3. The number of benzene rings is 1. The number of rotatable bonds is 2. The molecule has 1 aliphatic rings. The summed E-state index contributed by atoms with van der Waals surface area (Å²) in [5.74, 6) is -0.230. The molecule has 0 aliphatic carbocycles. The third-order valence-corrected chi connectivity index (χ3v) is 5.83. The van der Waals surface area contributed by atoms with Gasteiger partial charge < -0.3 is 0 Å².